The molecule has 0 aromatic heterocycles. The van der Waals surface area contributed by atoms with Crippen LogP contribution in [0.25, 0.3) is 0 Å². The van der Waals surface area contributed by atoms with E-state index >= 15 is 0 Å². The van der Waals surface area contributed by atoms with Crippen LogP contribution in [0, 0.1) is 5.92 Å². The highest BCUT2D eigenvalue weighted by atomic mass is 16.1. The van der Waals surface area contributed by atoms with Crippen molar-refractivity contribution in [3.8, 4) is 0 Å². The quantitative estimate of drug-likeness (QED) is 0.593. The molecule has 0 aromatic rings. The van der Waals surface area contributed by atoms with Gasteiger partial charge in [-0.25, -0.2) is 0 Å². The zero-order valence-corrected chi connectivity index (χ0v) is 7.76. The summed E-state index contributed by atoms with van der Waals surface area (Å²) < 4.78 is 0. The van der Waals surface area contributed by atoms with E-state index in [0.717, 1.165) is 19.3 Å². The minimum Gasteiger partial charge on any atom is -0.314 e. The molecule has 0 spiro atoms. The van der Waals surface area contributed by atoms with Gasteiger partial charge in [0, 0.05) is 12.5 Å². The van der Waals surface area contributed by atoms with Crippen LogP contribution in [0.3, 0.4) is 0 Å². The predicted molar refractivity (Wildman–Crippen MR) is 47.6 cm³/mol. The molecule has 1 N–H and O–H groups in total. The number of nitrogens with one attached hydrogen (secondary N) is 1. The highest BCUT2D eigenvalue weighted by molar-refractivity contribution is 5.49. The average Bonchev–Trinajstić information content (AvgIpc) is 1.97. The van der Waals surface area contributed by atoms with Crippen molar-refractivity contribution in [3.63, 3.8) is 0 Å². The van der Waals surface area contributed by atoms with Crippen molar-refractivity contribution in [2.75, 3.05) is 6.54 Å². The number of carbonyl (C=O) groups excluding carboxylic acids is 1. The number of aldehydes is 1. The Morgan fingerprint density at radius 2 is 2.09 bits per heavy atom. The normalized spacial score (nSPS) is 13.5. The van der Waals surface area contributed by atoms with E-state index in [1.165, 1.54) is 0 Å². The Bertz CT molecular complexity index is 102. The molecule has 0 rings (SSSR count). The van der Waals surface area contributed by atoms with Crippen molar-refractivity contribution >= 4 is 6.29 Å². The molecule has 0 radical (unpaired) electrons. The lowest BCUT2D eigenvalue weighted by atomic mass is 10.0. The summed E-state index contributed by atoms with van der Waals surface area (Å²) >= 11 is 0. The summed E-state index contributed by atoms with van der Waals surface area (Å²) in [6.45, 7) is 7.32. The Morgan fingerprint density at radius 1 is 1.45 bits per heavy atom. The molecule has 0 heterocycles. The molecule has 2 heteroatoms. The molecule has 1 unspecified atom stereocenters. The van der Waals surface area contributed by atoms with E-state index in [0.29, 0.717) is 18.4 Å². The van der Waals surface area contributed by atoms with Crippen molar-refractivity contribution in [1.82, 2.24) is 5.32 Å². The van der Waals surface area contributed by atoms with Crippen molar-refractivity contribution in [1.29, 1.82) is 0 Å². The lowest BCUT2D eigenvalue weighted by molar-refractivity contribution is -0.108. The molecular formula is C9H19NO. The van der Waals surface area contributed by atoms with Crippen molar-refractivity contribution in [3.05, 3.63) is 0 Å². The highest BCUT2D eigenvalue weighted by Gasteiger charge is 2.04. The summed E-state index contributed by atoms with van der Waals surface area (Å²) in [5, 5.41) is 3.32. The van der Waals surface area contributed by atoms with Crippen LogP contribution in [0.2, 0.25) is 0 Å². The first-order chi connectivity index (χ1) is 5.20. The smallest absolute Gasteiger partial charge is 0.120 e. The van der Waals surface area contributed by atoms with Crippen LogP contribution in [0.5, 0.6) is 0 Å². The summed E-state index contributed by atoms with van der Waals surface area (Å²) in [4.78, 5) is 10.2. The van der Waals surface area contributed by atoms with Crippen molar-refractivity contribution < 1.29 is 4.79 Å². The van der Waals surface area contributed by atoms with Gasteiger partial charge in [-0.1, -0.05) is 27.2 Å². The second kappa shape index (κ2) is 6.35. The third kappa shape index (κ3) is 6.05. The van der Waals surface area contributed by atoms with E-state index in [1.807, 2.05) is 0 Å². The molecule has 0 aromatic carbocycles. The van der Waals surface area contributed by atoms with Gasteiger partial charge >= 0.3 is 0 Å². The highest BCUT2D eigenvalue weighted by Crippen LogP contribution is 2.04. The monoisotopic (exact) mass is 157 g/mol. The Balaban J connectivity index is 3.43. The maximum Gasteiger partial charge on any atom is 0.120 e. The van der Waals surface area contributed by atoms with Gasteiger partial charge in [0.2, 0.25) is 0 Å². The van der Waals surface area contributed by atoms with Gasteiger partial charge in [-0.2, -0.15) is 0 Å². The average molecular weight is 157 g/mol. The first-order valence-electron chi connectivity index (χ1n) is 4.37. The topological polar surface area (TPSA) is 29.1 Å². The zero-order chi connectivity index (χ0) is 8.69. The zero-order valence-electron chi connectivity index (χ0n) is 7.76. The summed E-state index contributed by atoms with van der Waals surface area (Å²) in [5.41, 5.74) is 0. The Kier molecular flexibility index (Phi) is 6.13. The van der Waals surface area contributed by atoms with E-state index in [2.05, 4.69) is 26.1 Å². The fourth-order valence-corrected chi connectivity index (χ4v) is 0.933. The number of hydrogen-bond acceptors (Lipinski definition) is 2. The van der Waals surface area contributed by atoms with E-state index in [9.17, 15) is 4.79 Å². The molecular weight excluding hydrogens is 138 g/mol. The van der Waals surface area contributed by atoms with Gasteiger partial charge in [-0.3, -0.25) is 0 Å². The molecule has 0 aliphatic carbocycles. The number of hydrogen-bond donors (Lipinski definition) is 1. The molecule has 66 valence electrons. The molecule has 0 aliphatic rings. The second-order valence-electron chi connectivity index (χ2n) is 3.24. The Labute approximate surface area is 69.4 Å². The van der Waals surface area contributed by atoms with Gasteiger partial charge in [-0.15, -0.1) is 0 Å². The first kappa shape index (κ1) is 10.6. The van der Waals surface area contributed by atoms with E-state index in [4.69, 9.17) is 0 Å². The minimum absolute atomic E-state index is 0.523. The molecule has 0 aliphatic heterocycles. The van der Waals surface area contributed by atoms with Crippen LogP contribution in [0.15, 0.2) is 0 Å². The van der Waals surface area contributed by atoms with Crippen LogP contribution in [-0.2, 0) is 4.79 Å². The number of rotatable bonds is 6. The molecule has 11 heavy (non-hydrogen) atoms. The van der Waals surface area contributed by atoms with Crippen LogP contribution in [0.4, 0.5) is 0 Å². The Morgan fingerprint density at radius 3 is 2.45 bits per heavy atom. The maximum absolute atomic E-state index is 10.2. The van der Waals surface area contributed by atoms with E-state index in [1.54, 1.807) is 0 Å². The van der Waals surface area contributed by atoms with Crippen LogP contribution < -0.4 is 5.32 Å². The van der Waals surface area contributed by atoms with Crippen molar-refractivity contribution in [2.45, 2.75) is 39.7 Å². The van der Waals surface area contributed by atoms with Gasteiger partial charge in [-0.05, 0) is 12.5 Å². The molecule has 1 atom stereocenters. The fraction of sp³-hybridized carbons (Fsp3) is 0.889. The lowest BCUT2D eigenvalue weighted by Gasteiger charge is -2.14. The molecule has 0 saturated carbocycles. The van der Waals surface area contributed by atoms with Crippen LogP contribution in [-0.4, -0.2) is 18.9 Å². The third-order valence-corrected chi connectivity index (χ3v) is 1.82. The summed E-state index contributed by atoms with van der Waals surface area (Å²) in [5.74, 6) is 0.523. The van der Waals surface area contributed by atoms with E-state index in [-0.39, 0.29) is 0 Å². The molecule has 0 amide bonds. The SMILES string of the molecule is CCC(CC=O)CNC(C)C. The maximum atomic E-state index is 10.2. The second-order valence-corrected chi connectivity index (χ2v) is 3.24. The summed E-state index contributed by atoms with van der Waals surface area (Å²) in [7, 11) is 0. The fourth-order valence-electron chi connectivity index (χ4n) is 0.933. The third-order valence-electron chi connectivity index (χ3n) is 1.82. The predicted octanol–water partition coefficient (Wildman–Crippen LogP) is 1.60. The first-order valence-corrected chi connectivity index (χ1v) is 4.37. The van der Waals surface area contributed by atoms with Gasteiger partial charge in [0.1, 0.15) is 6.29 Å². The van der Waals surface area contributed by atoms with E-state index < -0.39 is 0 Å². The Hall–Kier alpha value is -0.370. The largest absolute Gasteiger partial charge is 0.314 e. The molecule has 0 bridgehead atoms. The molecule has 0 saturated heterocycles. The van der Waals surface area contributed by atoms with Crippen molar-refractivity contribution in [2.24, 2.45) is 5.92 Å². The van der Waals surface area contributed by atoms with Gasteiger partial charge in [0.05, 0.1) is 0 Å². The summed E-state index contributed by atoms with van der Waals surface area (Å²) in [6, 6.07) is 0.524. The van der Waals surface area contributed by atoms with Gasteiger partial charge in [0.25, 0.3) is 0 Å². The standard InChI is InChI=1S/C9H19NO/c1-4-9(5-6-11)7-10-8(2)3/h6,8-10H,4-5,7H2,1-3H3. The molecule has 0 fully saturated rings. The van der Waals surface area contributed by atoms with Crippen LogP contribution >= 0.6 is 0 Å². The number of carbonyl (C=O) groups is 1. The molecule has 2 nitrogen and oxygen atoms in total. The lowest BCUT2D eigenvalue weighted by Crippen LogP contribution is -2.28. The van der Waals surface area contributed by atoms with Crippen LogP contribution in [0.1, 0.15) is 33.6 Å². The van der Waals surface area contributed by atoms with Gasteiger partial charge < -0.3 is 10.1 Å². The minimum atomic E-state index is 0.523. The summed E-state index contributed by atoms with van der Waals surface area (Å²) in [6.07, 6.45) is 2.78. The van der Waals surface area contributed by atoms with Gasteiger partial charge in [0.15, 0.2) is 0 Å².